The minimum Gasteiger partial charge on any atom is -0.384 e. The van der Waals surface area contributed by atoms with Gasteiger partial charge in [-0.2, -0.15) is 4.31 Å². The fourth-order valence-electron chi connectivity index (χ4n) is 4.32. The van der Waals surface area contributed by atoms with Crippen LogP contribution in [0.15, 0.2) is 23.1 Å². The molecule has 4 rings (SSSR count). The number of fused-ring (bicyclic) bond motifs is 2. The van der Waals surface area contributed by atoms with E-state index >= 15 is 0 Å². The van der Waals surface area contributed by atoms with Crippen LogP contribution in [0.25, 0.3) is 0 Å². The number of anilines is 1. The minimum absolute atomic E-state index is 0.0801. The molecule has 1 spiro atoms. The van der Waals surface area contributed by atoms with Crippen molar-refractivity contribution in [2.75, 3.05) is 58.2 Å². The molecule has 1 unspecified atom stereocenters. The average molecular weight is 378 g/mol. The molecule has 0 aliphatic carbocycles. The van der Waals surface area contributed by atoms with Gasteiger partial charge in [0, 0.05) is 63.8 Å². The Kier molecular flexibility index (Phi) is 4.24. The first-order valence-electron chi connectivity index (χ1n) is 9.14. The first-order chi connectivity index (χ1) is 12.3. The molecule has 0 radical (unpaired) electrons. The normalized spacial score (nSPS) is 26.9. The van der Waals surface area contributed by atoms with Gasteiger partial charge in [-0.1, -0.05) is 0 Å². The topological polar surface area (TPSA) is 73.0 Å². The summed E-state index contributed by atoms with van der Waals surface area (Å²) in [6.45, 7) is 6.29. The number of rotatable bonds is 2. The van der Waals surface area contributed by atoms with Crippen LogP contribution in [-0.4, -0.2) is 81.3 Å². The molecule has 142 valence electrons. The Morgan fingerprint density at radius 1 is 1.15 bits per heavy atom. The summed E-state index contributed by atoms with van der Waals surface area (Å²) < 4.78 is 27.8. The molecule has 1 aromatic rings. The van der Waals surface area contributed by atoms with Crippen molar-refractivity contribution in [2.24, 2.45) is 0 Å². The summed E-state index contributed by atoms with van der Waals surface area (Å²) in [6.07, 6.45) is 0.866. The lowest BCUT2D eigenvalue weighted by Gasteiger charge is -2.32. The minimum atomic E-state index is -3.48. The van der Waals surface area contributed by atoms with Gasteiger partial charge in [-0.05, 0) is 37.2 Å². The average Bonchev–Trinajstić information content (AvgIpc) is 3.21. The maximum Gasteiger partial charge on any atom is 0.243 e. The molecule has 26 heavy (non-hydrogen) atoms. The van der Waals surface area contributed by atoms with Crippen LogP contribution in [0, 0.1) is 0 Å². The van der Waals surface area contributed by atoms with Crippen molar-refractivity contribution in [3.05, 3.63) is 23.8 Å². The third-order valence-corrected chi connectivity index (χ3v) is 7.97. The van der Waals surface area contributed by atoms with Crippen LogP contribution in [0.2, 0.25) is 0 Å². The number of likely N-dealkylation sites (N-methyl/N-ethyl adjacent to an activating group) is 1. The summed E-state index contributed by atoms with van der Waals surface area (Å²) in [6, 6.07) is 5.42. The molecule has 3 heterocycles. The van der Waals surface area contributed by atoms with Gasteiger partial charge in [0.15, 0.2) is 0 Å². The van der Waals surface area contributed by atoms with Gasteiger partial charge in [0.05, 0.1) is 4.90 Å². The molecule has 1 amide bonds. The second-order valence-electron chi connectivity index (χ2n) is 7.74. The highest BCUT2D eigenvalue weighted by atomic mass is 32.2. The number of nitrogens with one attached hydrogen (secondary N) is 1. The smallest absolute Gasteiger partial charge is 0.243 e. The zero-order valence-electron chi connectivity index (χ0n) is 15.4. The number of hydrogen-bond acceptors (Lipinski definition) is 5. The van der Waals surface area contributed by atoms with E-state index in [4.69, 9.17) is 0 Å². The number of likely N-dealkylation sites (tertiary alicyclic amines) is 1. The van der Waals surface area contributed by atoms with E-state index in [-0.39, 0.29) is 11.3 Å². The molecule has 3 aliphatic rings. The van der Waals surface area contributed by atoms with Crippen molar-refractivity contribution in [2.45, 2.75) is 23.7 Å². The largest absolute Gasteiger partial charge is 0.384 e. The van der Waals surface area contributed by atoms with Gasteiger partial charge in [0.25, 0.3) is 0 Å². The Labute approximate surface area is 155 Å². The first kappa shape index (κ1) is 17.8. The lowest BCUT2D eigenvalue weighted by atomic mass is 9.82. The van der Waals surface area contributed by atoms with E-state index in [1.807, 2.05) is 24.1 Å². The Morgan fingerprint density at radius 3 is 2.54 bits per heavy atom. The van der Waals surface area contributed by atoms with Gasteiger partial charge < -0.3 is 15.1 Å². The van der Waals surface area contributed by atoms with Crippen LogP contribution < -0.4 is 5.32 Å². The lowest BCUT2D eigenvalue weighted by Crippen LogP contribution is -2.47. The molecular weight excluding hydrogens is 352 g/mol. The highest BCUT2D eigenvalue weighted by molar-refractivity contribution is 7.89. The van der Waals surface area contributed by atoms with Crippen LogP contribution >= 0.6 is 0 Å². The molecule has 0 aromatic heterocycles. The Hall–Kier alpha value is -1.64. The molecule has 1 atom stereocenters. The maximum atomic E-state index is 13.1. The zero-order valence-corrected chi connectivity index (χ0v) is 16.2. The summed E-state index contributed by atoms with van der Waals surface area (Å²) in [5.41, 5.74) is 1.86. The third-order valence-electron chi connectivity index (χ3n) is 6.08. The van der Waals surface area contributed by atoms with Crippen molar-refractivity contribution in [3.63, 3.8) is 0 Å². The van der Waals surface area contributed by atoms with E-state index in [0.717, 1.165) is 43.9 Å². The van der Waals surface area contributed by atoms with E-state index in [0.29, 0.717) is 24.5 Å². The highest BCUT2D eigenvalue weighted by Crippen LogP contribution is 2.44. The first-order valence-corrected chi connectivity index (χ1v) is 10.6. The van der Waals surface area contributed by atoms with Crippen LogP contribution in [0.5, 0.6) is 0 Å². The van der Waals surface area contributed by atoms with Gasteiger partial charge in [-0.15, -0.1) is 0 Å². The predicted molar refractivity (Wildman–Crippen MR) is 99.7 cm³/mol. The summed E-state index contributed by atoms with van der Waals surface area (Å²) >= 11 is 0. The maximum absolute atomic E-state index is 13.1. The van der Waals surface area contributed by atoms with Crippen molar-refractivity contribution >= 4 is 21.6 Å². The standard InChI is InChI=1S/C18H26N4O3S/c1-14(23)21-6-5-18(13-21)12-19-17-4-3-15(11-16(17)18)26(24,25)22-9-7-20(2)8-10-22/h3-4,11,19H,5-10,12-13H2,1-2H3. The van der Waals surface area contributed by atoms with E-state index in [1.165, 1.54) is 0 Å². The number of carbonyl (C=O) groups excluding carboxylic acids is 1. The van der Waals surface area contributed by atoms with Crippen molar-refractivity contribution < 1.29 is 13.2 Å². The van der Waals surface area contributed by atoms with Gasteiger partial charge in [-0.25, -0.2) is 8.42 Å². The molecule has 2 saturated heterocycles. The number of carbonyl (C=O) groups is 1. The molecule has 8 heteroatoms. The van der Waals surface area contributed by atoms with Crippen LogP contribution in [0.3, 0.4) is 0 Å². The number of nitrogens with zero attached hydrogens (tertiary/aromatic N) is 3. The summed E-state index contributed by atoms with van der Waals surface area (Å²) in [5, 5.41) is 3.40. The van der Waals surface area contributed by atoms with Crippen molar-refractivity contribution in [1.29, 1.82) is 0 Å². The second-order valence-corrected chi connectivity index (χ2v) is 9.68. The van der Waals surface area contributed by atoms with E-state index < -0.39 is 10.0 Å². The predicted octanol–water partition coefficient (Wildman–Crippen LogP) is 0.538. The number of hydrogen-bond donors (Lipinski definition) is 1. The van der Waals surface area contributed by atoms with Crippen LogP contribution in [0.1, 0.15) is 18.9 Å². The Balaban J connectivity index is 1.65. The number of sulfonamides is 1. The lowest BCUT2D eigenvalue weighted by molar-refractivity contribution is -0.127. The fraction of sp³-hybridized carbons (Fsp3) is 0.611. The zero-order chi connectivity index (χ0) is 18.5. The monoisotopic (exact) mass is 378 g/mol. The molecule has 3 aliphatic heterocycles. The van der Waals surface area contributed by atoms with Gasteiger partial charge in [-0.3, -0.25) is 4.79 Å². The molecule has 1 N–H and O–H groups in total. The molecule has 2 fully saturated rings. The summed E-state index contributed by atoms with van der Waals surface area (Å²) in [4.78, 5) is 16.1. The molecule has 0 bridgehead atoms. The molecule has 0 saturated carbocycles. The number of amides is 1. The van der Waals surface area contributed by atoms with Gasteiger partial charge in [0.2, 0.25) is 15.9 Å². The van der Waals surface area contributed by atoms with E-state index in [9.17, 15) is 13.2 Å². The Bertz CT molecular complexity index is 833. The molecule has 7 nitrogen and oxygen atoms in total. The van der Waals surface area contributed by atoms with Crippen LogP contribution in [0.4, 0.5) is 5.69 Å². The van der Waals surface area contributed by atoms with E-state index in [2.05, 4.69) is 10.2 Å². The fourth-order valence-corrected chi connectivity index (χ4v) is 5.77. The number of benzene rings is 1. The van der Waals surface area contributed by atoms with Crippen LogP contribution in [-0.2, 0) is 20.2 Å². The SMILES string of the molecule is CC(=O)N1CCC2(CNc3ccc(S(=O)(=O)N4CCN(C)CC4)cc32)C1. The second kappa shape index (κ2) is 6.21. The van der Waals surface area contributed by atoms with Crippen molar-refractivity contribution in [3.8, 4) is 0 Å². The summed E-state index contributed by atoms with van der Waals surface area (Å²) in [7, 11) is -1.48. The highest BCUT2D eigenvalue weighted by Gasteiger charge is 2.45. The number of piperazine rings is 1. The molecular formula is C18H26N4O3S. The van der Waals surface area contributed by atoms with Gasteiger partial charge >= 0.3 is 0 Å². The van der Waals surface area contributed by atoms with Crippen molar-refractivity contribution in [1.82, 2.24) is 14.1 Å². The third kappa shape index (κ3) is 2.80. The Morgan fingerprint density at radius 2 is 1.88 bits per heavy atom. The summed E-state index contributed by atoms with van der Waals surface area (Å²) in [5.74, 6) is 0.0801. The quantitative estimate of drug-likeness (QED) is 0.813. The van der Waals surface area contributed by atoms with Gasteiger partial charge in [0.1, 0.15) is 0 Å². The molecule has 1 aromatic carbocycles. The van der Waals surface area contributed by atoms with E-state index in [1.54, 1.807) is 17.3 Å².